The van der Waals surface area contributed by atoms with E-state index in [1.807, 2.05) is 0 Å². The smallest absolute Gasteiger partial charge is 0.152 e. The summed E-state index contributed by atoms with van der Waals surface area (Å²) >= 11 is 0. The van der Waals surface area contributed by atoms with Crippen molar-refractivity contribution in [1.29, 1.82) is 0 Å². The van der Waals surface area contributed by atoms with Gasteiger partial charge in [-0.2, -0.15) is 0 Å². The Balaban J connectivity index is 0.000000187. The molecule has 0 atom stereocenters. The van der Waals surface area contributed by atoms with Gasteiger partial charge in [-0.3, -0.25) is 4.79 Å². The van der Waals surface area contributed by atoms with E-state index in [-0.39, 0.29) is 5.78 Å². The maximum atomic E-state index is 9.69. The lowest BCUT2D eigenvalue weighted by Crippen LogP contribution is -2.21. The molecule has 1 heterocycles. The van der Waals surface area contributed by atoms with Gasteiger partial charge in [-0.15, -0.1) is 0 Å². The molecule has 0 aromatic heterocycles. The Morgan fingerprint density at radius 2 is 1.82 bits per heavy atom. The Morgan fingerprint density at radius 1 is 1.36 bits per heavy atom. The molecule has 0 spiro atoms. The second-order valence-electron chi connectivity index (χ2n) is 2.63. The molecule has 64 valence electrons. The lowest BCUT2D eigenvalue weighted by Gasteiger charge is -2.08. The largest absolute Gasteiger partial charge is 0.317 e. The maximum absolute atomic E-state index is 9.69. The molecule has 0 aromatic carbocycles. The molecule has 1 rings (SSSR count). The number of rotatable bonds is 1. The van der Waals surface area contributed by atoms with Crippen molar-refractivity contribution >= 4 is 5.78 Å². The minimum atomic E-state index is 0.0185. The van der Waals surface area contributed by atoms with Crippen molar-refractivity contribution in [3.8, 4) is 0 Å². The Bertz CT molecular complexity index is 105. The number of carbonyl (C=O) groups is 1. The lowest BCUT2D eigenvalue weighted by atomic mass is 10.2. The molecule has 1 fully saturated rings. The van der Waals surface area contributed by atoms with Crippen LogP contribution in [0.4, 0.5) is 0 Å². The zero-order valence-corrected chi connectivity index (χ0v) is 7.23. The quantitative estimate of drug-likeness (QED) is 0.582. The van der Waals surface area contributed by atoms with Gasteiger partial charge in [0.15, 0.2) is 5.78 Å². The molecule has 1 aliphatic heterocycles. The molecule has 0 bridgehead atoms. The van der Waals surface area contributed by atoms with Gasteiger partial charge in [0, 0.05) is 0 Å². The molecule has 1 N–H and O–H groups in total. The average molecular weight is 155 g/mol. The Morgan fingerprint density at radius 3 is 1.91 bits per heavy atom. The molecule has 1 saturated heterocycles. The SMILES string of the molecule is C1CCNCC1.C=CC(C)=O. The van der Waals surface area contributed by atoms with Crippen molar-refractivity contribution in [2.45, 2.75) is 26.2 Å². The van der Waals surface area contributed by atoms with Gasteiger partial charge in [-0.1, -0.05) is 13.0 Å². The number of hydrogen-bond acceptors (Lipinski definition) is 2. The highest BCUT2D eigenvalue weighted by molar-refractivity contribution is 5.86. The predicted molar refractivity (Wildman–Crippen MR) is 47.6 cm³/mol. The first-order valence-corrected chi connectivity index (χ1v) is 4.11. The molecular weight excluding hydrogens is 138 g/mol. The number of ketones is 1. The van der Waals surface area contributed by atoms with Gasteiger partial charge >= 0.3 is 0 Å². The first-order valence-electron chi connectivity index (χ1n) is 4.11. The van der Waals surface area contributed by atoms with E-state index in [4.69, 9.17) is 0 Å². The average Bonchev–Trinajstić information content (AvgIpc) is 2.09. The third-order valence-electron chi connectivity index (χ3n) is 1.49. The highest BCUT2D eigenvalue weighted by Crippen LogP contribution is 1.96. The van der Waals surface area contributed by atoms with Crippen LogP contribution in [0.25, 0.3) is 0 Å². The third-order valence-corrected chi connectivity index (χ3v) is 1.49. The lowest BCUT2D eigenvalue weighted by molar-refractivity contribution is -0.112. The van der Waals surface area contributed by atoms with E-state index in [2.05, 4.69) is 11.9 Å². The number of nitrogens with one attached hydrogen (secondary N) is 1. The predicted octanol–water partition coefficient (Wildman–Crippen LogP) is 1.52. The minimum Gasteiger partial charge on any atom is -0.317 e. The fraction of sp³-hybridized carbons (Fsp3) is 0.667. The minimum absolute atomic E-state index is 0.0185. The van der Waals surface area contributed by atoms with Crippen LogP contribution >= 0.6 is 0 Å². The van der Waals surface area contributed by atoms with E-state index in [0.717, 1.165) is 0 Å². The molecule has 2 heteroatoms. The van der Waals surface area contributed by atoms with Crippen LogP contribution in [-0.2, 0) is 4.79 Å². The normalized spacial score (nSPS) is 16.1. The molecule has 2 nitrogen and oxygen atoms in total. The number of hydrogen-bond donors (Lipinski definition) is 1. The van der Waals surface area contributed by atoms with Crippen molar-refractivity contribution in [3.63, 3.8) is 0 Å². The monoisotopic (exact) mass is 155 g/mol. The summed E-state index contributed by atoms with van der Waals surface area (Å²) in [5.74, 6) is 0.0185. The standard InChI is InChI=1S/C5H11N.C4H6O/c1-2-4-6-5-3-1;1-3-4(2)5/h6H,1-5H2;3H,1H2,2H3. The first kappa shape index (κ1) is 10.4. The second kappa shape index (κ2) is 7.48. The topological polar surface area (TPSA) is 29.1 Å². The second-order valence-corrected chi connectivity index (χ2v) is 2.63. The van der Waals surface area contributed by atoms with Crippen LogP contribution < -0.4 is 5.32 Å². The highest BCUT2D eigenvalue weighted by Gasteiger charge is 1.93. The van der Waals surface area contributed by atoms with E-state index in [1.54, 1.807) is 0 Å². The molecule has 0 aromatic rings. The van der Waals surface area contributed by atoms with E-state index in [1.165, 1.54) is 45.4 Å². The maximum Gasteiger partial charge on any atom is 0.152 e. The summed E-state index contributed by atoms with van der Waals surface area (Å²) in [4.78, 5) is 9.69. The van der Waals surface area contributed by atoms with Crippen molar-refractivity contribution in [2.24, 2.45) is 0 Å². The van der Waals surface area contributed by atoms with E-state index < -0.39 is 0 Å². The summed E-state index contributed by atoms with van der Waals surface area (Å²) in [6.07, 6.45) is 5.49. The molecule has 0 amide bonds. The number of piperidine rings is 1. The first-order chi connectivity index (χ1) is 5.27. The number of allylic oxidation sites excluding steroid dienone is 1. The van der Waals surface area contributed by atoms with Gasteiger partial charge in [-0.05, 0) is 38.9 Å². The van der Waals surface area contributed by atoms with E-state index in [0.29, 0.717) is 0 Å². The van der Waals surface area contributed by atoms with Crippen LogP contribution in [0.5, 0.6) is 0 Å². The van der Waals surface area contributed by atoms with Crippen molar-refractivity contribution in [3.05, 3.63) is 12.7 Å². The zero-order chi connectivity index (χ0) is 8.53. The molecule has 0 radical (unpaired) electrons. The zero-order valence-electron chi connectivity index (χ0n) is 7.23. The molecule has 0 unspecified atom stereocenters. The van der Waals surface area contributed by atoms with Crippen LogP contribution in [0.1, 0.15) is 26.2 Å². The number of carbonyl (C=O) groups excluding carboxylic acids is 1. The summed E-state index contributed by atoms with van der Waals surface area (Å²) in [7, 11) is 0. The van der Waals surface area contributed by atoms with Crippen molar-refractivity contribution in [1.82, 2.24) is 5.32 Å². The summed E-state index contributed by atoms with van der Waals surface area (Å²) in [5.41, 5.74) is 0. The van der Waals surface area contributed by atoms with Crippen molar-refractivity contribution < 1.29 is 4.79 Å². The summed E-state index contributed by atoms with van der Waals surface area (Å²) in [6.45, 7) is 7.18. The van der Waals surface area contributed by atoms with E-state index in [9.17, 15) is 4.79 Å². The van der Waals surface area contributed by atoms with Crippen LogP contribution in [0.2, 0.25) is 0 Å². The Labute approximate surface area is 68.7 Å². The highest BCUT2D eigenvalue weighted by atomic mass is 16.1. The molecule has 0 aliphatic carbocycles. The summed E-state index contributed by atoms with van der Waals surface area (Å²) in [5, 5.41) is 3.28. The fourth-order valence-corrected chi connectivity index (χ4v) is 0.802. The van der Waals surface area contributed by atoms with Crippen LogP contribution in [0, 0.1) is 0 Å². The Kier molecular flexibility index (Phi) is 7.05. The third kappa shape index (κ3) is 9.37. The summed E-state index contributed by atoms with van der Waals surface area (Å²) < 4.78 is 0. The fourth-order valence-electron chi connectivity index (χ4n) is 0.802. The van der Waals surface area contributed by atoms with Crippen LogP contribution in [0.15, 0.2) is 12.7 Å². The van der Waals surface area contributed by atoms with Crippen LogP contribution in [0.3, 0.4) is 0 Å². The van der Waals surface area contributed by atoms with Gasteiger partial charge in [-0.25, -0.2) is 0 Å². The summed E-state index contributed by atoms with van der Waals surface area (Å²) in [6, 6.07) is 0. The van der Waals surface area contributed by atoms with Crippen LogP contribution in [-0.4, -0.2) is 18.9 Å². The molecule has 1 aliphatic rings. The Hall–Kier alpha value is -0.630. The molecular formula is C9H17NO. The van der Waals surface area contributed by atoms with Gasteiger partial charge in [0.05, 0.1) is 0 Å². The van der Waals surface area contributed by atoms with Gasteiger partial charge in [0.2, 0.25) is 0 Å². The van der Waals surface area contributed by atoms with Gasteiger partial charge in [0.1, 0.15) is 0 Å². The molecule has 11 heavy (non-hydrogen) atoms. The van der Waals surface area contributed by atoms with Crippen molar-refractivity contribution in [2.75, 3.05) is 13.1 Å². The van der Waals surface area contributed by atoms with Gasteiger partial charge in [0.25, 0.3) is 0 Å². The van der Waals surface area contributed by atoms with Gasteiger partial charge < -0.3 is 5.32 Å². The molecule has 0 saturated carbocycles. The van der Waals surface area contributed by atoms with E-state index >= 15 is 0 Å².